The molecule has 1 aromatic rings. The first kappa shape index (κ1) is 17.1. The summed E-state index contributed by atoms with van der Waals surface area (Å²) in [6.07, 6.45) is -1.58. The highest BCUT2D eigenvalue weighted by atomic mass is 32.1. The van der Waals surface area contributed by atoms with E-state index in [4.69, 9.17) is 32.0 Å². The van der Waals surface area contributed by atoms with Crippen LogP contribution in [0.25, 0.3) is 5.57 Å². The maximum atomic E-state index is 12.3. The van der Waals surface area contributed by atoms with Gasteiger partial charge in [-0.15, -0.1) is 4.37 Å². The van der Waals surface area contributed by atoms with Crippen molar-refractivity contribution in [3.63, 3.8) is 0 Å². The Labute approximate surface area is 248 Å². The molecule has 0 fully saturated rings. The molecule has 1 aliphatic rings. The number of quaternary nitrogens is 1. The minimum atomic E-state index is -4.07. The summed E-state index contributed by atoms with van der Waals surface area (Å²) in [6.45, 7) is -4.20. The predicted molar refractivity (Wildman–Crippen MR) is 152 cm³/mol. The molecule has 2 rings (SSSR count). The number of nitrogens with zero attached hydrogens (tertiary/aromatic N) is 3. The SMILES string of the molecule is [2H]C([2H])([2H])C([2H])([2H])C([2H])([2H])C([2H])([2H])C([2H])([2H])C([2H])([2H])Oc1nsnc1C1=CCC[N+](C)(COC(=O)OCCCCCCCCCCCCC)C1. The number of likely N-dealkylation sites (N-methyl/N-ethyl adjacent to an activating group) is 1. The normalized spacial score (nSPS) is 24.9. The van der Waals surface area contributed by atoms with Crippen LogP contribution in [0.3, 0.4) is 0 Å². The van der Waals surface area contributed by atoms with Crippen molar-refractivity contribution in [3.05, 3.63) is 11.8 Å². The number of hydrogen-bond acceptors (Lipinski definition) is 7. The highest BCUT2D eigenvalue weighted by molar-refractivity contribution is 6.99. The number of ether oxygens (including phenoxy) is 3. The average Bonchev–Trinajstić information content (AvgIpc) is 3.47. The van der Waals surface area contributed by atoms with Gasteiger partial charge >= 0.3 is 6.16 Å². The summed E-state index contributed by atoms with van der Waals surface area (Å²) in [7, 11) is 1.82. The smallest absolute Gasteiger partial charge is 0.475 e. The minimum absolute atomic E-state index is 0.0131. The highest BCUT2D eigenvalue weighted by Gasteiger charge is 2.31. The molecule has 0 radical (unpaired) electrons. The van der Waals surface area contributed by atoms with Crippen LogP contribution in [0.15, 0.2) is 6.08 Å². The number of carbonyl (C=O) groups is 1. The predicted octanol–water partition coefficient (Wildman–Crippen LogP) is 8.15. The second-order valence-electron chi connectivity index (χ2n) is 9.55. The molecule has 2 heterocycles. The van der Waals surface area contributed by atoms with Gasteiger partial charge in [0.2, 0.25) is 6.73 Å². The van der Waals surface area contributed by atoms with Gasteiger partial charge in [0, 0.05) is 27.1 Å². The van der Waals surface area contributed by atoms with Crippen molar-refractivity contribution in [3.8, 4) is 5.88 Å². The van der Waals surface area contributed by atoms with E-state index < -0.39 is 50.9 Å². The van der Waals surface area contributed by atoms with Crippen LogP contribution in [0.2, 0.25) is 0 Å². The van der Waals surface area contributed by atoms with Gasteiger partial charge in [0.25, 0.3) is 5.88 Å². The van der Waals surface area contributed by atoms with Crippen LogP contribution in [0.1, 0.15) is 140 Å². The Morgan fingerprint density at radius 1 is 1.03 bits per heavy atom. The highest BCUT2D eigenvalue weighted by Crippen LogP contribution is 2.30. The van der Waals surface area contributed by atoms with E-state index in [2.05, 4.69) is 15.7 Å². The van der Waals surface area contributed by atoms with E-state index in [0.29, 0.717) is 30.3 Å². The van der Waals surface area contributed by atoms with Crippen LogP contribution >= 0.6 is 11.7 Å². The first-order chi connectivity index (χ1) is 23.0. The molecule has 0 bridgehead atoms. The summed E-state index contributed by atoms with van der Waals surface area (Å²) in [5.74, 6) is -0.522. The lowest BCUT2D eigenvalue weighted by Crippen LogP contribution is -2.49. The van der Waals surface area contributed by atoms with E-state index >= 15 is 0 Å². The molecule has 0 aliphatic carbocycles. The average molecular weight is 552 g/mol. The summed E-state index contributed by atoms with van der Waals surface area (Å²) in [5.41, 5.74) is 0.507. The Morgan fingerprint density at radius 3 is 2.49 bits per heavy atom. The molecular weight excluding hydrogens is 486 g/mol. The molecule has 7 nitrogen and oxygen atoms in total. The van der Waals surface area contributed by atoms with Crippen molar-refractivity contribution in [2.75, 3.05) is 40.0 Å². The van der Waals surface area contributed by atoms with Gasteiger partial charge in [0.05, 0.1) is 41.2 Å². The van der Waals surface area contributed by atoms with Gasteiger partial charge in [-0.2, -0.15) is 4.37 Å². The standard InChI is InChI=1S/C29H52N3O4S/c1-4-6-8-10-11-12-13-14-15-16-18-23-35-29(33)36-25-32(3)21-19-20-26(24-32)27-28(31-37-30-27)34-22-17-9-7-5-2/h20H,4-19,21-25H2,1-3H3/q+1/i2D3,5D2,7D2,9D2,17D2,22D2. The molecule has 37 heavy (non-hydrogen) atoms. The van der Waals surface area contributed by atoms with E-state index in [0.717, 1.165) is 19.3 Å². The van der Waals surface area contributed by atoms with Gasteiger partial charge < -0.3 is 14.2 Å². The molecule has 1 aromatic heterocycles. The summed E-state index contributed by atoms with van der Waals surface area (Å²) < 4.78 is 127. The largest absolute Gasteiger partial charge is 0.512 e. The van der Waals surface area contributed by atoms with Crippen molar-refractivity contribution in [2.45, 2.75) is 116 Å². The van der Waals surface area contributed by atoms with Crippen molar-refractivity contribution in [1.29, 1.82) is 0 Å². The Morgan fingerprint density at radius 2 is 1.76 bits per heavy atom. The third-order valence-electron chi connectivity index (χ3n) is 6.22. The number of carbonyl (C=O) groups excluding carboxylic acids is 1. The zero-order valence-electron chi connectivity index (χ0n) is 35.3. The van der Waals surface area contributed by atoms with Crippen LogP contribution in [0.4, 0.5) is 4.79 Å². The monoisotopic (exact) mass is 551 g/mol. The summed E-state index contributed by atoms with van der Waals surface area (Å²) >= 11 is 0.602. The zero-order chi connectivity index (χ0) is 38.1. The van der Waals surface area contributed by atoms with Crippen LogP contribution in [-0.4, -0.2) is 59.4 Å². The quantitative estimate of drug-likeness (QED) is 0.0872. The van der Waals surface area contributed by atoms with Crippen LogP contribution < -0.4 is 4.74 Å². The molecule has 0 spiro atoms. The van der Waals surface area contributed by atoms with Gasteiger partial charge in [-0.25, -0.2) is 4.79 Å². The summed E-state index contributed by atoms with van der Waals surface area (Å²) in [6, 6.07) is 0. The maximum Gasteiger partial charge on any atom is 0.512 e. The molecule has 0 saturated carbocycles. The molecule has 0 aromatic carbocycles. The number of hydrogen-bond donors (Lipinski definition) is 0. The molecule has 0 amide bonds. The van der Waals surface area contributed by atoms with Gasteiger partial charge in [-0.05, 0) is 12.8 Å². The second kappa shape index (κ2) is 19.4. The van der Waals surface area contributed by atoms with Gasteiger partial charge in [0.1, 0.15) is 12.2 Å². The molecule has 1 unspecified atom stereocenters. The Balaban J connectivity index is 1.95. The fraction of sp³-hybridized carbons (Fsp3) is 0.828. The Bertz CT molecular complexity index is 1260. The summed E-state index contributed by atoms with van der Waals surface area (Å²) in [4.78, 5) is 12.3. The number of aromatic nitrogens is 2. The van der Waals surface area contributed by atoms with Gasteiger partial charge in [-0.3, -0.25) is 4.48 Å². The van der Waals surface area contributed by atoms with Gasteiger partial charge in [-0.1, -0.05) is 103 Å². The van der Waals surface area contributed by atoms with E-state index in [1.54, 1.807) is 6.08 Å². The first-order valence-corrected chi connectivity index (χ1v) is 14.0. The van der Waals surface area contributed by atoms with Crippen molar-refractivity contribution in [2.24, 2.45) is 0 Å². The molecule has 212 valence electrons. The lowest BCUT2D eigenvalue weighted by molar-refractivity contribution is -0.919. The minimum Gasteiger partial charge on any atom is -0.475 e. The topological polar surface area (TPSA) is 70.5 Å². The number of rotatable bonds is 21. The van der Waals surface area contributed by atoms with E-state index in [1.165, 1.54) is 51.4 Å². The van der Waals surface area contributed by atoms with Crippen LogP contribution in [0, 0.1) is 0 Å². The third-order valence-corrected chi connectivity index (χ3v) is 6.73. The molecule has 1 atom stereocenters. The fourth-order valence-corrected chi connectivity index (χ4v) is 4.68. The maximum absolute atomic E-state index is 12.3. The Hall–Kier alpha value is -1.67. The van der Waals surface area contributed by atoms with E-state index in [-0.39, 0.29) is 30.1 Å². The van der Waals surface area contributed by atoms with Crippen molar-refractivity contribution >= 4 is 23.5 Å². The van der Waals surface area contributed by atoms with E-state index in [1.807, 2.05) is 7.05 Å². The second-order valence-corrected chi connectivity index (χ2v) is 10.1. The lowest BCUT2D eigenvalue weighted by Gasteiger charge is -2.36. The van der Waals surface area contributed by atoms with Crippen molar-refractivity contribution in [1.82, 2.24) is 8.75 Å². The molecule has 0 N–H and O–H groups in total. The number of unbranched alkanes of at least 4 members (excludes halogenated alkanes) is 10. The van der Waals surface area contributed by atoms with Crippen molar-refractivity contribution < 1.29 is 41.3 Å². The molecule has 1 aliphatic heterocycles. The van der Waals surface area contributed by atoms with E-state index in [9.17, 15) is 4.79 Å². The lowest BCUT2D eigenvalue weighted by atomic mass is 10.1. The third kappa shape index (κ3) is 13.6. The van der Waals surface area contributed by atoms with Gasteiger partial charge in [0.15, 0.2) is 0 Å². The Kier molecular flexibility index (Phi) is 8.97. The van der Waals surface area contributed by atoms with Crippen LogP contribution in [-0.2, 0) is 9.47 Å². The molecule has 0 saturated heterocycles. The zero-order valence-corrected chi connectivity index (χ0v) is 23.1. The summed E-state index contributed by atoms with van der Waals surface area (Å²) in [5, 5.41) is 0. The van der Waals surface area contributed by atoms with Crippen LogP contribution in [0.5, 0.6) is 5.88 Å². The fourth-order valence-electron chi connectivity index (χ4n) is 4.16. The first-order valence-electron chi connectivity index (χ1n) is 19.8. The molecule has 8 heteroatoms. The molecular formula is C29H52N3O4S+.